The van der Waals surface area contributed by atoms with E-state index in [-0.39, 0.29) is 12.0 Å². The SMILES string of the molecule is CC(C)c1nc(C2CN(c3ncccc3C#N)CCO2)no1. The Morgan fingerprint density at radius 3 is 3.05 bits per heavy atom. The zero-order valence-electron chi connectivity index (χ0n) is 12.6. The number of morpholine rings is 1. The molecule has 3 rings (SSSR count). The first kappa shape index (κ1) is 14.5. The Labute approximate surface area is 128 Å². The molecular formula is C15H17N5O2. The van der Waals surface area contributed by atoms with E-state index in [0.29, 0.717) is 42.8 Å². The summed E-state index contributed by atoms with van der Waals surface area (Å²) in [6.45, 7) is 5.74. The second-order valence-electron chi connectivity index (χ2n) is 5.44. The maximum atomic E-state index is 9.21. The number of hydrogen-bond donors (Lipinski definition) is 0. The van der Waals surface area contributed by atoms with Crippen molar-refractivity contribution in [2.45, 2.75) is 25.9 Å². The highest BCUT2D eigenvalue weighted by Crippen LogP contribution is 2.26. The van der Waals surface area contributed by atoms with E-state index in [0.717, 1.165) is 0 Å². The quantitative estimate of drug-likeness (QED) is 0.856. The zero-order valence-corrected chi connectivity index (χ0v) is 12.6. The first-order valence-electron chi connectivity index (χ1n) is 7.24. The lowest BCUT2D eigenvalue weighted by atomic mass is 10.2. The normalized spacial score (nSPS) is 18.5. The van der Waals surface area contributed by atoms with E-state index in [9.17, 15) is 5.26 Å². The molecule has 0 aromatic carbocycles. The summed E-state index contributed by atoms with van der Waals surface area (Å²) in [7, 11) is 0. The van der Waals surface area contributed by atoms with E-state index in [1.807, 2.05) is 18.7 Å². The van der Waals surface area contributed by atoms with E-state index >= 15 is 0 Å². The molecule has 1 fully saturated rings. The molecular weight excluding hydrogens is 282 g/mol. The summed E-state index contributed by atoms with van der Waals surface area (Å²) in [5.41, 5.74) is 0.555. The molecule has 1 unspecified atom stereocenters. The van der Waals surface area contributed by atoms with Gasteiger partial charge in [0.25, 0.3) is 0 Å². The highest BCUT2D eigenvalue weighted by atomic mass is 16.5. The minimum Gasteiger partial charge on any atom is -0.366 e. The Bertz CT molecular complexity index is 691. The van der Waals surface area contributed by atoms with Crippen molar-refractivity contribution < 1.29 is 9.26 Å². The Morgan fingerprint density at radius 1 is 1.45 bits per heavy atom. The molecule has 0 spiro atoms. The summed E-state index contributed by atoms with van der Waals surface area (Å²) in [5, 5.41) is 13.2. The van der Waals surface area contributed by atoms with E-state index in [1.165, 1.54) is 0 Å². The molecule has 1 atom stereocenters. The van der Waals surface area contributed by atoms with Crippen molar-refractivity contribution in [1.29, 1.82) is 5.26 Å². The molecule has 2 aromatic rings. The summed E-state index contributed by atoms with van der Waals surface area (Å²) in [6, 6.07) is 5.69. The monoisotopic (exact) mass is 299 g/mol. The fourth-order valence-electron chi connectivity index (χ4n) is 2.35. The van der Waals surface area contributed by atoms with Gasteiger partial charge in [-0.1, -0.05) is 19.0 Å². The number of ether oxygens (including phenoxy) is 1. The average Bonchev–Trinajstić information content (AvgIpc) is 3.05. The van der Waals surface area contributed by atoms with Gasteiger partial charge in [0.15, 0.2) is 0 Å². The number of rotatable bonds is 3. The van der Waals surface area contributed by atoms with Crippen LogP contribution in [0.25, 0.3) is 0 Å². The van der Waals surface area contributed by atoms with Crippen molar-refractivity contribution >= 4 is 5.82 Å². The number of anilines is 1. The molecule has 22 heavy (non-hydrogen) atoms. The van der Waals surface area contributed by atoms with Gasteiger partial charge >= 0.3 is 0 Å². The largest absolute Gasteiger partial charge is 0.366 e. The van der Waals surface area contributed by atoms with Crippen molar-refractivity contribution in [2.24, 2.45) is 0 Å². The molecule has 2 aromatic heterocycles. The van der Waals surface area contributed by atoms with Crippen LogP contribution in [0.15, 0.2) is 22.9 Å². The van der Waals surface area contributed by atoms with Gasteiger partial charge in [0, 0.05) is 18.7 Å². The minimum atomic E-state index is -0.279. The van der Waals surface area contributed by atoms with Crippen LogP contribution in [0.4, 0.5) is 5.82 Å². The van der Waals surface area contributed by atoms with Gasteiger partial charge in [0.05, 0.1) is 18.7 Å². The summed E-state index contributed by atoms with van der Waals surface area (Å²) < 4.78 is 11.0. The van der Waals surface area contributed by atoms with Crippen LogP contribution in [0.2, 0.25) is 0 Å². The van der Waals surface area contributed by atoms with Gasteiger partial charge < -0.3 is 14.2 Å². The summed E-state index contributed by atoms with van der Waals surface area (Å²) in [6.07, 6.45) is 1.41. The molecule has 1 aliphatic heterocycles. The second kappa shape index (κ2) is 6.12. The van der Waals surface area contributed by atoms with Gasteiger partial charge in [-0.25, -0.2) is 4.98 Å². The maximum absolute atomic E-state index is 9.21. The molecule has 0 N–H and O–H groups in total. The molecule has 114 valence electrons. The highest BCUT2D eigenvalue weighted by Gasteiger charge is 2.28. The van der Waals surface area contributed by atoms with Crippen LogP contribution in [0.3, 0.4) is 0 Å². The van der Waals surface area contributed by atoms with E-state index in [4.69, 9.17) is 9.26 Å². The van der Waals surface area contributed by atoms with Gasteiger partial charge in [0.1, 0.15) is 18.0 Å². The second-order valence-corrected chi connectivity index (χ2v) is 5.44. The average molecular weight is 299 g/mol. The molecule has 0 radical (unpaired) electrons. The Kier molecular flexibility index (Phi) is 4.02. The lowest BCUT2D eigenvalue weighted by Gasteiger charge is -2.32. The molecule has 7 heteroatoms. The van der Waals surface area contributed by atoms with E-state index in [2.05, 4.69) is 21.2 Å². The zero-order chi connectivity index (χ0) is 15.5. The van der Waals surface area contributed by atoms with Crippen LogP contribution in [0, 0.1) is 11.3 Å². The molecule has 3 heterocycles. The third-order valence-corrected chi connectivity index (χ3v) is 3.51. The molecule has 0 bridgehead atoms. The van der Waals surface area contributed by atoms with Crippen molar-refractivity contribution in [1.82, 2.24) is 15.1 Å². The fourth-order valence-corrected chi connectivity index (χ4v) is 2.35. The molecule has 1 saturated heterocycles. The van der Waals surface area contributed by atoms with E-state index in [1.54, 1.807) is 18.3 Å². The predicted molar refractivity (Wildman–Crippen MR) is 78.2 cm³/mol. The molecule has 0 amide bonds. The van der Waals surface area contributed by atoms with Crippen molar-refractivity contribution in [3.63, 3.8) is 0 Å². The van der Waals surface area contributed by atoms with E-state index < -0.39 is 0 Å². The summed E-state index contributed by atoms with van der Waals surface area (Å²) in [5.74, 6) is 2.00. The summed E-state index contributed by atoms with van der Waals surface area (Å²) in [4.78, 5) is 10.7. The smallest absolute Gasteiger partial charge is 0.229 e. The number of hydrogen-bond acceptors (Lipinski definition) is 7. The number of aromatic nitrogens is 3. The van der Waals surface area contributed by atoms with Crippen molar-refractivity contribution in [3.8, 4) is 6.07 Å². The van der Waals surface area contributed by atoms with Gasteiger partial charge in [0.2, 0.25) is 11.7 Å². The first-order chi connectivity index (χ1) is 10.7. The number of pyridine rings is 1. The predicted octanol–water partition coefficient (Wildman–Crippen LogP) is 2.04. The fraction of sp³-hybridized carbons (Fsp3) is 0.467. The van der Waals surface area contributed by atoms with Crippen LogP contribution in [-0.4, -0.2) is 34.8 Å². The molecule has 1 aliphatic rings. The number of nitrogens with zero attached hydrogens (tertiary/aromatic N) is 5. The van der Waals surface area contributed by atoms with Crippen LogP contribution in [0.5, 0.6) is 0 Å². The minimum absolute atomic E-state index is 0.182. The molecule has 7 nitrogen and oxygen atoms in total. The van der Waals surface area contributed by atoms with Crippen LogP contribution in [-0.2, 0) is 4.74 Å². The Hall–Kier alpha value is -2.46. The van der Waals surface area contributed by atoms with Crippen LogP contribution in [0.1, 0.15) is 43.1 Å². The van der Waals surface area contributed by atoms with Gasteiger partial charge in [-0.05, 0) is 12.1 Å². The van der Waals surface area contributed by atoms with Gasteiger partial charge in [-0.2, -0.15) is 10.2 Å². The molecule has 0 saturated carbocycles. The maximum Gasteiger partial charge on any atom is 0.229 e. The van der Waals surface area contributed by atoms with Crippen LogP contribution < -0.4 is 4.90 Å². The Balaban J connectivity index is 1.80. The third kappa shape index (κ3) is 2.78. The van der Waals surface area contributed by atoms with Gasteiger partial charge in [-0.15, -0.1) is 0 Å². The lowest BCUT2D eigenvalue weighted by Crippen LogP contribution is -2.39. The van der Waals surface area contributed by atoms with Crippen molar-refractivity contribution in [2.75, 3.05) is 24.6 Å². The molecule has 0 aliphatic carbocycles. The first-order valence-corrected chi connectivity index (χ1v) is 7.24. The number of nitriles is 1. The highest BCUT2D eigenvalue weighted by molar-refractivity contribution is 5.53. The lowest BCUT2D eigenvalue weighted by molar-refractivity contribution is 0.0323. The van der Waals surface area contributed by atoms with Crippen LogP contribution >= 0.6 is 0 Å². The van der Waals surface area contributed by atoms with Gasteiger partial charge in [-0.3, -0.25) is 0 Å². The summed E-state index contributed by atoms with van der Waals surface area (Å²) >= 11 is 0. The topological polar surface area (TPSA) is 88.1 Å². The van der Waals surface area contributed by atoms with Crippen molar-refractivity contribution in [3.05, 3.63) is 35.6 Å². The third-order valence-electron chi connectivity index (χ3n) is 3.51. The Morgan fingerprint density at radius 2 is 2.32 bits per heavy atom. The standard InChI is InChI=1S/C15H17N5O2/c1-10(2)15-18-13(19-22-15)12-9-20(6-7-21-12)14-11(8-16)4-3-5-17-14/h3-5,10,12H,6-7,9H2,1-2H3.